The molecule has 19 heavy (non-hydrogen) atoms. The monoisotopic (exact) mass is 262 g/mol. The van der Waals surface area contributed by atoms with E-state index in [2.05, 4.69) is 39.5 Å². The van der Waals surface area contributed by atoms with Gasteiger partial charge in [0.1, 0.15) is 5.78 Å². The van der Waals surface area contributed by atoms with Gasteiger partial charge in [0, 0.05) is 6.42 Å². The standard InChI is InChI=1S/C18H30O/c1-15(2)9-6-10-16(3)11-7-12-17(4)13-8-14-18(5)19/h11-12H,1,6-10,13-14H2,2-5H3/b16-11+,17-12+. The van der Waals surface area contributed by atoms with Crippen LogP contribution in [0.1, 0.15) is 72.6 Å². The predicted octanol–water partition coefficient (Wildman–Crippen LogP) is 5.77. The highest BCUT2D eigenvalue weighted by atomic mass is 16.1. The summed E-state index contributed by atoms with van der Waals surface area (Å²) in [5, 5.41) is 0. The maximum atomic E-state index is 10.8. The first-order chi connectivity index (χ1) is 8.91. The average molecular weight is 262 g/mol. The van der Waals surface area contributed by atoms with Crippen LogP contribution in [0.25, 0.3) is 0 Å². The summed E-state index contributed by atoms with van der Waals surface area (Å²) in [6, 6.07) is 0. The summed E-state index contributed by atoms with van der Waals surface area (Å²) in [7, 11) is 0. The largest absolute Gasteiger partial charge is 0.300 e. The second-order valence-corrected chi connectivity index (χ2v) is 5.70. The summed E-state index contributed by atoms with van der Waals surface area (Å²) in [6.45, 7) is 12.0. The van der Waals surface area contributed by atoms with E-state index >= 15 is 0 Å². The molecule has 1 nitrogen and oxygen atoms in total. The lowest BCUT2D eigenvalue weighted by Crippen LogP contribution is -1.89. The van der Waals surface area contributed by atoms with Crippen LogP contribution in [0.2, 0.25) is 0 Å². The van der Waals surface area contributed by atoms with E-state index in [1.54, 1.807) is 6.92 Å². The zero-order chi connectivity index (χ0) is 14.7. The quantitative estimate of drug-likeness (QED) is 0.456. The highest BCUT2D eigenvalue weighted by Gasteiger charge is 1.95. The number of hydrogen-bond acceptors (Lipinski definition) is 1. The molecule has 0 fully saturated rings. The Kier molecular flexibility index (Phi) is 10.1. The number of hydrogen-bond donors (Lipinski definition) is 0. The molecule has 0 rings (SSSR count). The van der Waals surface area contributed by atoms with Gasteiger partial charge in [0.05, 0.1) is 0 Å². The van der Waals surface area contributed by atoms with E-state index in [1.165, 1.54) is 29.6 Å². The van der Waals surface area contributed by atoms with Crippen LogP contribution in [0.3, 0.4) is 0 Å². The fourth-order valence-electron chi connectivity index (χ4n) is 1.95. The first-order valence-electron chi connectivity index (χ1n) is 7.37. The average Bonchev–Trinajstić information content (AvgIpc) is 2.27. The maximum absolute atomic E-state index is 10.8. The molecule has 0 aromatic rings. The summed E-state index contributed by atoms with van der Waals surface area (Å²) >= 11 is 0. The van der Waals surface area contributed by atoms with Crippen molar-refractivity contribution >= 4 is 5.78 Å². The van der Waals surface area contributed by atoms with Crippen molar-refractivity contribution in [3.05, 3.63) is 35.5 Å². The van der Waals surface area contributed by atoms with Gasteiger partial charge >= 0.3 is 0 Å². The van der Waals surface area contributed by atoms with Gasteiger partial charge in [-0.1, -0.05) is 28.9 Å². The molecule has 0 unspecified atom stereocenters. The van der Waals surface area contributed by atoms with E-state index in [4.69, 9.17) is 0 Å². The van der Waals surface area contributed by atoms with Gasteiger partial charge in [0.25, 0.3) is 0 Å². The Hall–Kier alpha value is -1.11. The van der Waals surface area contributed by atoms with E-state index in [9.17, 15) is 4.79 Å². The van der Waals surface area contributed by atoms with E-state index in [-0.39, 0.29) is 0 Å². The van der Waals surface area contributed by atoms with E-state index in [0.717, 1.165) is 25.7 Å². The second kappa shape index (κ2) is 10.8. The number of Topliss-reactive ketones (excluding diaryl/α,β-unsaturated/α-hetero) is 1. The Morgan fingerprint density at radius 3 is 1.74 bits per heavy atom. The molecule has 0 radical (unpaired) electrons. The van der Waals surface area contributed by atoms with Crippen molar-refractivity contribution in [3.8, 4) is 0 Å². The lowest BCUT2D eigenvalue weighted by molar-refractivity contribution is -0.117. The third-order valence-electron chi connectivity index (χ3n) is 3.21. The summed E-state index contributed by atoms with van der Waals surface area (Å²) in [5.41, 5.74) is 4.13. The predicted molar refractivity (Wildman–Crippen MR) is 85.3 cm³/mol. The highest BCUT2D eigenvalue weighted by Crippen LogP contribution is 2.12. The molecule has 0 bridgehead atoms. The van der Waals surface area contributed by atoms with Crippen molar-refractivity contribution in [1.29, 1.82) is 0 Å². The third kappa shape index (κ3) is 13.1. The fourth-order valence-corrected chi connectivity index (χ4v) is 1.95. The molecule has 0 aromatic heterocycles. The van der Waals surface area contributed by atoms with Crippen LogP contribution in [0, 0.1) is 0 Å². The van der Waals surface area contributed by atoms with Crippen molar-refractivity contribution in [3.63, 3.8) is 0 Å². The number of carbonyl (C=O) groups excluding carboxylic acids is 1. The Bertz CT molecular complexity index is 311. The summed E-state index contributed by atoms with van der Waals surface area (Å²) in [5.74, 6) is 0.293. The van der Waals surface area contributed by atoms with Gasteiger partial charge in [0.15, 0.2) is 0 Å². The highest BCUT2D eigenvalue weighted by molar-refractivity contribution is 5.75. The molecule has 0 aliphatic heterocycles. The van der Waals surface area contributed by atoms with Gasteiger partial charge in [-0.05, 0) is 66.2 Å². The zero-order valence-corrected chi connectivity index (χ0v) is 13.2. The van der Waals surface area contributed by atoms with Crippen molar-refractivity contribution in [2.75, 3.05) is 0 Å². The van der Waals surface area contributed by atoms with Gasteiger partial charge in [-0.15, -0.1) is 6.58 Å². The minimum atomic E-state index is 0.293. The molecule has 0 heterocycles. The first kappa shape index (κ1) is 17.9. The molecular formula is C18H30O. The molecule has 0 saturated heterocycles. The smallest absolute Gasteiger partial charge is 0.129 e. The maximum Gasteiger partial charge on any atom is 0.129 e. The lowest BCUT2D eigenvalue weighted by atomic mass is 10.0. The van der Waals surface area contributed by atoms with E-state index in [1.807, 2.05) is 0 Å². The second-order valence-electron chi connectivity index (χ2n) is 5.70. The Balaban J connectivity index is 3.83. The summed E-state index contributed by atoms with van der Waals surface area (Å²) in [4.78, 5) is 10.8. The number of allylic oxidation sites excluding steroid dienone is 5. The molecule has 0 aliphatic rings. The number of ketones is 1. The Morgan fingerprint density at radius 1 is 0.842 bits per heavy atom. The van der Waals surface area contributed by atoms with Crippen LogP contribution in [0.4, 0.5) is 0 Å². The van der Waals surface area contributed by atoms with Crippen molar-refractivity contribution in [2.24, 2.45) is 0 Å². The Labute approximate surface area is 119 Å². The van der Waals surface area contributed by atoms with Crippen LogP contribution in [-0.4, -0.2) is 5.78 Å². The first-order valence-corrected chi connectivity index (χ1v) is 7.37. The minimum absolute atomic E-state index is 0.293. The molecule has 0 saturated carbocycles. The van der Waals surface area contributed by atoms with Crippen LogP contribution in [-0.2, 0) is 4.79 Å². The number of carbonyl (C=O) groups is 1. The topological polar surface area (TPSA) is 17.1 Å². The van der Waals surface area contributed by atoms with Gasteiger partial charge in [0.2, 0.25) is 0 Å². The van der Waals surface area contributed by atoms with Gasteiger partial charge in [-0.25, -0.2) is 0 Å². The van der Waals surface area contributed by atoms with Crippen LogP contribution < -0.4 is 0 Å². The molecule has 0 N–H and O–H groups in total. The van der Waals surface area contributed by atoms with Crippen molar-refractivity contribution in [1.82, 2.24) is 0 Å². The third-order valence-corrected chi connectivity index (χ3v) is 3.21. The molecule has 0 spiro atoms. The van der Waals surface area contributed by atoms with E-state index < -0.39 is 0 Å². The van der Waals surface area contributed by atoms with Crippen LogP contribution in [0.15, 0.2) is 35.5 Å². The molecule has 0 atom stereocenters. The van der Waals surface area contributed by atoms with Gasteiger partial charge in [-0.2, -0.15) is 0 Å². The molecule has 108 valence electrons. The minimum Gasteiger partial charge on any atom is -0.300 e. The SMILES string of the molecule is C=C(C)CCC/C(C)=C/C/C=C(\C)CCCC(C)=O. The Morgan fingerprint density at radius 2 is 1.32 bits per heavy atom. The fraction of sp³-hybridized carbons (Fsp3) is 0.611. The lowest BCUT2D eigenvalue weighted by Gasteiger charge is -2.02. The molecule has 0 aliphatic carbocycles. The zero-order valence-electron chi connectivity index (χ0n) is 13.2. The van der Waals surface area contributed by atoms with Crippen molar-refractivity contribution in [2.45, 2.75) is 72.6 Å². The normalized spacial score (nSPS) is 12.6. The number of rotatable bonds is 10. The van der Waals surface area contributed by atoms with Gasteiger partial charge < -0.3 is 4.79 Å². The van der Waals surface area contributed by atoms with Crippen molar-refractivity contribution < 1.29 is 4.79 Å². The summed E-state index contributed by atoms with van der Waals surface area (Å²) in [6.07, 6.45) is 11.9. The van der Waals surface area contributed by atoms with Crippen LogP contribution >= 0.6 is 0 Å². The van der Waals surface area contributed by atoms with Crippen LogP contribution in [0.5, 0.6) is 0 Å². The molecular weight excluding hydrogens is 232 g/mol. The van der Waals surface area contributed by atoms with Gasteiger partial charge in [-0.3, -0.25) is 0 Å². The van der Waals surface area contributed by atoms with E-state index in [0.29, 0.717) is 12.2 Å². The molecule has 0 aromatic carbocycles. The molecule has 0 amide bonds. The summed E-state index contributed by atoms with van der Waals surface area (Å²) < 4.78 is 0. The molecule has 1 heteroatoms.